The van der Waals surface area contributed by atoms with Gasteiger partial charge in [-0.15, -0.1) is 11.3 Å². The first kappa shape index (κ1) is 36.4. The lowest BCUT2D eigenvalue weighted by Crippen LogP contribution is -2.62. The molecule has 1 aromatic carbocycles. The van der Waals surface area contributed by atoms with Gasteiger partial charge in [0.05, 0.1) is 19.3 Å². The number of thiophene rings is 1. The molecule has 1 amide bonds. The van der Waals surface area contributed by atoms with E-state index in [2.05, 4.69) is 106 Å². The molecule has 2 aromatic rings. The first-order chi connectivity index (χ1) is 22.3. The van der Waals surface area contributed by atoms with Gasteiger partial charge in [0.1, 0.15) is 12.1 Å². The van der Waals surface area contributed by atoms with Crippen LogP contribution >= 0.6 is 11.3 Å². The summed E-state index contributed by atoms with van der Waals surface area (Å²) < 4.78 is 0. The van der Waals surface area contributed by atoms with Gasteiger partial charge in [0, 0.05) is 42.5 Å². The van der Waals surface area contributed by atoms with Gasteiger partial charge in [0.15, 0.2) is 0 Å². The summed E-state index contributed by atoms with van der Waals surface area (Å²) in [6, 6.07) is 12.8. The molecule has 9 atom stereocenters. The second-order valence-corrected chi connectivity index (χ2v) is 17.1. The molecule has 6 rings (SSSR count). The first-order valence-corrected chi connectivity index (χ1v) is 18.7. The first-order valence-electron chi connectivity index (χ1n) is 17.8. The third-order valence-electron chi connectivity index (χ3n) is 11.6. The van der Waals surface area contributed by atoms with E-state index in [1.807, 2.05) is 0 Å². The Morgan fingerprint density at radius 2 is 1.87 bits per heavy atom. The van der Waals surface area contributed by atoms with Gasteiger partial charge in [-0.2, -0.15) is 5.06 Å². The lowest BCUT2D eigenvalue weighted by molar-refractivity contribution is -0.183. The number of carbonyl (C=O) groups excluding carboxylic acids is 1. The Bertz CT molecular complexity index is 1290. The number of hydroxylamine groups is 2. The molecule has 0 unspecified atom stereocenters. The average Bonchev–Trinajstić information content (AvgIpc) is 3.64. The van der Waals surface area contributed by atoms with Crippen molar-refractivity contribution < 1.29 is 19.8 Å². The number of hydrogen-bond donors (Lipinski definition) is 3. The molecule has 262 valence electrons. The van der Waals surface area contributed by atoms with Crippen molar-refractivity contribution in [3.05, 3.63) is 57.8 Å². The van der Waals surface area contributed by atoms with Crippen LogP contribution in [0.15, 0.2) is 41.8 Å². The molecule has 3 N–H and O–H groups in total. The van der Waals surface area contributed by atoms with E-state index in [4.69, 9.17) is 4.84 Å². The number of fused-ring (bicyclic) bond motifs is 2. The quantitative estimate of drug-likeness (QED) is 0.235. The fourth-order valence-corrected chi connectivity index (χ4v) is 9.68. The van der Waals surface area contributed by atoms with Gasteiger partial charge < -0.3 is 20.4 Å². The Kier molecular flexibility index (Phi) is 11.9. The van der Waals surface area contributed by atoms with Crippen LogP contribution in [-0.4, -0.2) is 88.6 Å². The van der Waals surface area contributed by atoms with Crippen LogP contribution in [0.2, 0.25) is 0 Å². The predicted octanol–water partition coefficient (Wildman–Crippen LogP) is 5.39. The van der Waals surface area contributed by atoms with Crippen molar-refractivity contribution in [2.75, 3.05) is 27.2 Å². The molecular weight excluding hydrogens is 609 g/mol. The van der Waals surface area contributed by atoms with Crippen LogP contribution in [-0.2, 0) is 29.3 Å². The SMILES string of the molecule is CC(C)C[C@@H](CN(C)C)N(Cc1cccc(CN2O[C@@H](CO)[C@@H]([C@H](C)O)[C@H]2C(=O)N[C@H]2C[C@H]3C[C@H]([C@H]2C)C3(C)C)c1)Cc1cccs1. The number of hydrogen-bond acceptors (Lipinski definition) is 8. The number of amides is 1. The normalized spacial score (nSPS) is 30.1. The number of benzene rings is 1. The number of nitrogens with one attached hydrogen (secondary N) is 1. The van der Waals surface area contributed by atoms with Crippen molar-refractivity contribution in [1.82, 2.24) is 20.2 Å². The van der Waals surface area contributed by atoms with Gasteiger partial charge in [0.25, 0.3) is 0 Å². The average molecular weight is 669 g/mol. The van der Waals surface area contributed by atoms with E-state index in [9.17, 15) is 15.0 Å². The van der Waals surface area contributed by atoms with Crippen LogP contribution in [0.3, 0.4) is 0 Å². The van der Waals surface area contributed by atoms with Gasteiger partial charge in [-0.25, -0.2) is 0 Å². The summed E-state index contributed by atoms with van der Waals surface area (Å²) in [6.45, 7) is 16.1. The summed E-state index contributed by atoms with van der Waals surface area (Å²) in [7, 11) is 4.30. The maximum Gasteiger partial charge on any atom is 0.240 e. The lowest BCUT2D eigenvalue weighted by atomic mass is 9.45. The molecule has 9 heteroatoms. The summed E-state index contributed by atoms with van der Waals surface area (Å²) in [5.41, 5.74) is 2.59. The maximum atomic E-state index is 14.1. The van der Waals surface area contributed by atoms with Crippen LogP contribution in [0.4, 0.5) is 0 Å². The maximum absolute atomic E-state index is 14.1. The Morgan fingerprint density at radius 1 is 1.13 bits per heavy atom. The molecule has 47 heavy (non-hydrogen) atoms. The number of aliphatic hydroxyl groups is 2. The van der Waals surface area contributed by atoms with Crippen molar-refractivity contribution in [2.45, 2.75) is 111 Å². The molecule has 4 fully saturated rings. The van der Waals surface area contributed by atoms with Crippen molar-refractivity contribution in [3.8, 4) is 0 Å². The van der Waals surface area contributed by atoms with Crippen LogP contribution in [0, 0.1) is 35.0 Å². The highest BCUT2D eigenvalue weighted by Gasteiger charge is 2.57. The van der Waals surface area contributed by atoms with Gasteiger partial charge >= 0.3 is 0 Å². The smallest absolute Gasteiger partial charge is 0.240 e. The number of rotatable bonds is 15. The molecule has 0 radical (unpaired) electrons. The minimum atomic E-state index is -0.809. The van der Waals surface area contributed by atoms with E-state index < -0.39 is 24.2 Å². The molecule has 3 saturated carbocycles. The van der Waals surface area contributed by atoms with Crippen LogP contribution < -0.4 is 5.32 Å². The van der Waals surface area contributed by atoms with Gasteiger partial charge in [-0.3, -0.25) is 14.5 Å². The molecular formula is C38H60N4O4S. The fraction of sp³-hybridized carbons (Fsp3) is 0.711. The molecule has 3 aliphatic carbocycles. The second kappa shape index (κ2) is 15.4. The summed E-state index contributed by atoms with van der Waals surface area (Å²) >= 11 is 1.81. The number of likely N-dealkylation sites (N-methyl/N-ethyl adjacent to an activating group) is 1. The van der Waals surface area contributed by atoms with Crippen LogP contribution in [0.5, 0.6) is 0 Å². The standard InChI is InChI=1S/C38H60N4O4S/c1-24(2)15-30(21-40(7)8)41(22-31-13-10-14-47-31)19-27-11-9-12-28(16-27)20-42-36(35(26(4)44)34(23-43)46-42)37(45)39-33-18-29-17-32(25(33)3)38(29,5)6/h9-14,16,24-26,29-30,32-36,43-44H,15,17-23H2,1-8H3,(H,39,45)/t25-,26+,29-,30+,32-,33+,34+,35-,36+/m1/s1. The minimum Gasteiger partial charge on any atom is -0.394 e. The van der Waals surface area contributed by atoms with E-state index in [1.165, 1.54) is 16.9 Å². The largest absolute Gasteiger partial charge is 0.394 e. The highest BCUT2D eigenvalue weighted by Crippen LogP contribution is 2.61. The topological polar surface area (TPSA) is 88.5 Å². The van der Waals surface area contributed by atoms with E-state index >= 15 is 0 Å². The van der Waals surface area contributed by atoms with E-state index in [1.54, 1.807) is 23.3 Å². The molecule has 1 aromatic heterocycles. The summed E-state index contributed by atoms with van der Waals surface area (Å²) in [4.78, 5) is 26.6. The van der Waals surface area contributed by atoms with Gasteiger partial charge in [-0.1, -0.05) is 65.0 Å². The highest BCUT2D eigenvalue weighted by molar-refractivity contribution is 7.09. The molecule has 2 heterocycles. The monoisotopic (exact) mass is 668 g/mol. The molecule has 0 spiro atoms. The molecule has 2 bridgehead atoms. The molecule has 8 nitrogen and oxygen atoms in total. The lowest BCUT2D eigenvalue weighted by Gasteiger charge is -2.62. The Hall–Kier alpha value is -1.85. The van der Waals surface area contributed by atoms with Crippen molar-refractivity contribution in [1.29, 1.82) is 0 Å². The zero-order chi connectivity index (χ0) is 34.0. The van der Waals surface area contributed by atoms with Crippen LogP contribution in [0.1, 0.15) is 76.8 Å². The van der Waals surface area contributed by atoms with Crippen molar-refractivity contribution in [2.24, 2.45) is 35.0 Å². The number of aliphatic hydroxyl groups excluding tert-OH is 2. The molecule has 1 saturated heterocycles. The van der Waals surface area contributed by atoms with Crippen LogP contribution in [0.25, 0.3) is 0 Å². The summed E-state index contributed by atoms with van der Waals surface area (Å²) in [5, 5.41) is 28.4. The molecule has 1 aliphatic heterocycles. The van der Waals surface area contributed by atoms with E-state index in [0.29, 0.717) is 41.7 Å². The Morgan fingerprint density at radius 3 is 2.47 bits per heavy atom. The van der Waals surface area contributed by atoms with E-state index in [-0.39, 0.29) is 18.6 Å². The van der Waals surface area contributed by atoms with E-state index in [0.717, 1.165) is 38.0 Å². The van der Waals surface area contributed by atoms with Gasteiger partial charge in [0.2, 0.25) is 5.91 Å². The van der Waals surface area contributed by atoms with Crippen molar-refractivity contribution >= 4 is 17.2 Å². The van der Waals surface area contributed by atoms with Crippen molar-refractivity contribution in [3.63, 3.8) is 0 Å². The summed E-state index contributed by atoms with van der Waals surface area (Å²) in [6.07, 6.45) is 1.90. The third kappa shape index (κ3) is 8.31. The zero-order valence-electron chi connectivity index (χ0n) is 29.9. The number of nitrogens with zero attached hydrogens (tertiary/aromatic N) is 3. The van der Waals surface area contributed by atoms with Gasteiger partial charge in [-0.05, 0) is 91.9 Å². The fourth-order valence-electron chi connectivity index (χ4n) is 8.95. The minimum absolute atomic E-state index is 0.110. The Balaban J connectivity index is 1.34. The zero-order valence-corrected chi connectivity index (χ0v) is 30.7. The number of carbonyl (C=O) groups is 1. The predicted molar refractivity (Wildman–Crippen MR) is 189 cm³/mol. The third-order valence-corrected chi connectivity index (χ3v) is 12.4. The highest BCUT2D eigenvalue weighted by atomic mass is 32.1. The summed E-state index contributed by atoms with van der Waals surface area (Å²) in [5.74, 6) is 1.58. The molecule has 4 aliphatic rings. The second-order valence-electron chi connectivity index (χ2n) is 16.1. The Labute approximate surface area is 287 Å².